The van der Waals surface area contributed by atoms with Crippen LogP contribution in [0.4, 0.5) is 0 Å². The van der Waals surface area contributed by atoms with Crippen LogP contribution in [-0.2, 0) is 12.8 Å². The molecule has 0 aliphatic heterocycles. The monoisotopic (exact) mass is 264 g/mol. The number of rotatable bonds is 1. The predicted octanol–water partition coefficient (Wildman–Crippen LogP) is 4.06. The Kier molecular flexibility index (Phi) is 2.59. The third-order valence-electron chi connectivity index (χ3n) is 4.04. The molecule has 0 aromatic heterocycles. The van der Waals surface area contributed by atoms with Crippen LogP contribution < -0.4 is 0 Å². The van der Waals surface area contributed by atoms with Crippen LogP contribution in [-0.4, -0.2) is 5.33 Å². The van der Waals surface area contributed by atoms with Gasteiger partial charge in [0.1, 0.15) is 0 Å². The Morgan fingerprint density at radius 2 is 2.13 bits per heavy atom. The second kappa shape index (κ2) is 3.93. The fourth-order valence-electron chi connectivity index (χ4n) is 3.42. The largest absolute Gasteiger partial charge is 0.0925 e. The maximum Gasteiger partial charge on any atom is 0.00630 e. The second-order valence-corrected chi connectivity index (χ2v) is 5.69. The molecule has 80 valence electrons. The molecule has 0 bridgehead atoms. The summed E-state index contributed by atoms with van der Waals surface area (Å²) < 4.78 is 0. The number of alkyl halides is 1. The molecule has 0 radical (unpaired) electrons. The van der Waals surface area contributed by atoms with Crippen molar-refractivity contribution in [1.29, 1.82) is 0 Å². The normalized spacial score (nSPS) is 28.6. The van der Waals surface area contributed by atoms with E-state index in [1.807, 2.05) is 0 Å². The van der Waals surface area contributed by atoms with Gasteiger partial charge < -0.3 is 0 Å². The average Bonchev–Trinajstić information content (AvgIpc) is 2.29. The first kappa shape index (κ1) is 9.89. The van der Waals surface area contributed by atoms with E-state index in [0.29, 0.717) is 0 Å². The van der Waals surface area contributed by atoms with Crippen LogP contribution >= 0.6 is 15.9 Å². The van der Waals surface area contributed by atoms with Crippen LogP contribution in [0.5, 0.6) is 0 Å². The Morgan fingerprint density at radius 1 is 1.27 bits per heavy atom. The van der Waals surface area contributed by atoms with Gasteiger partial charge in [-0.05, 0) is 60.6 Å². The molecule has 1 heteroatoms. The van der Waals surface area contributed by atoms with E-state index >= 15 is 0 Å². The molecule has 0 nitrogen and oxygen atoms in total. The third-order valence-corrected chi connectivity index (χ3v) is 4.95. The molecule has 0 amide bonds. The van der Waals surface area contributed by atoms with Gasteiger partial charge in [-0.25, -0.2) is 0 Å². The Labute approximate surface area is 100 Å². The first-order chi connectivity index (χ1) is 7.38. The van der Waals surface area contributed by atoms with Crippen molar-refractivity contribution in [3.63, 3.8) is 0 Å². The van der Waals surface area contributed by atoms with Crippen LogP contribution in [0.2, 0.25) is 0 Å². The summed E-state index contributed by atoms with van der Waals surface area (Å²) in [6.45, 7) is 0. The maximum absolute atomic E-state index is 3.66. The summed E-state index contributed by atoms with van der Waals surface area (Å²) >= 11 is 3.66. The van der Waals surface area contributed by atoms with E-state index in [0.717, 1.165) is 11.8 Å². The lowest BCUT2D eigenvalue weighted by molar-refractivity contribution is 0.399. The van der Waals surface area contributed by atoms with Crippen LogP contribution in [0.25, 0.3) is 0 Å². The van der Waals surface area contributed by atoms with E-state index in [-0.39, 0.29) is 0 Å². The summed E-state index contributed by atoms with van der Waals surface area (Å²) in [5.74, 6) is 1.75. The van der Waals surface area contributed by atoms with E-state index in [2.05, 4.69) is 34.1 Å². The van der Waals surface area contributed by atoms with Gasteiger partial charge in [-0.3, -0.25) is 0 Å². The summed E-state index contributed by atoms with van der Waals surface area (Å²) in [6.07, 6.45) is 6.85. The first-order valence-electron chi connectivity index (χ1n) is 6.05. The lowest BCUT2D eigenvalue weighted by Gasteiger charge is -2.35. The van der Waals surface area contributed by atoms with Gasteiger partial charge >= 0.3 is 0 Å². The smallest absolute Gasteiger partial charge is 0.00630 e. The topological polar surface area (TPSA) is 0 Å². The number of hydrogen-bond acceptors (Lipinski definition) is 0. The SMILES string of the molecule is BrCC1Cc2cccc3c2C(CCC3)C1. The summed E-state index contributed by atoms with van der Waals surface area (Å²) in [7, 11) is 0. The standard InChI is InChI=1S/C14H17Br/c15-9-10-7-12-5-1-3-11-4-2-6-13(8-10)14(11)12/h1,3,5,10,13H,2,4,6-9H2. The molecule has 0 saturated carbocycles. The van der Waals surface area contributed by atoms with Gasteiger partial charge in [-0.1, -0.05) is 34.1 Å². The molecule has 1 aromatic carbocycles. The summed E-state index contributed by atoms with van der Waals surface area (Å²) in [5, 5.41) is 1.17. The molecule has 0 heterocycles. The van der Waals surface area contributed by atoms with Crippen LogP contribution in [0, 0.1) is 5.92 Å². The Balaban J connectivity index is 2.06. The molecule has 2 unspecified atom stereocenters. The zero-order chi connectivity index (χ0) is 10.3. The predicted molar refractivity (Wildman–Crippen MR) is 67.7 cm³/mol. The van der Waals surface area contributed by atoms with Crippen molar-refractivity contribution >= 4 is 15.9 Å². The fraction of sp³-hybridized carbons (Fsp3) is 0.571. The van der Waals surface area contributed by atoms with Crippen molar-refractivity contribution < 1.29 is 0 Å². The first-order valence-corrected chi connectivity index (χ1v) is 7.17. The molecular formula is C14H17Br. The molecule has 2 aliphatic carbocycles. The Morgan fingerprint density at radius 3 is 3.00 bits per heavy atom. The van der Waals surface area contributed by atoms with E-state index in [1.54, 1.807) is 16.7 Å². The highest BCUT2D eigenvalue weighted by Gasteiger charge is 2.30. The second-order valence-electron chi connectivity index (χ2n) is 5.04. The molecule has 0 N–H and O–H groups in total. The zero-order valence-corrected chi connectivity index (χ0v) is 10.6. The van der Waals surface area contributed by atoms with Gasteiger partial charge in [0.2, 0.25) is 0 Å². The maximum atomic E-state index is 3.66. The molecule has 15 heavy (non-hydrogen) atoms. The van der Waals surface area contributed by atoms with Gasteiger partial charge in [-0.2, -0.15) is 0 Å². The van der Waals surface area contributed by atoms with E-state index < -0.39 is 0 Å². The van der Waals surface area contributed by atoms with Crippen molar-refractivity contribution in [2.24, 2.45) is 5.92 Å². The Bertz CT molecular complexity index is 370. The minimum absolute atomic E-state index is 0.871. The minimum Gasteiger partial charge on any atom is -0.0925 e. The van der Waals surface area contributed by atoms with Crippen molar-refractivity contribution in [1.82, 2.24) is 0 Å². The van der Waals surface area contributed by atoms with E-state index in [1.165, 1.54) is 37.4 Å². The molecule has 1 aromatic rings. The highest BCUT2D eigenvalue weighted by atomic mass is 79.9. The lowest BCUT2D eigenvalue weighted by Crippen LogP contribution is -2.23. The molecule has 0 saturated heterocycles. The Hall–Kier alpha value is -0.300. The van der Waals surface area contributed by atoms with Gasteiger partial charge in [0, 0.05) is 5.33 Å². The quantitative estimate of drug-likeness (QED) is 0.671. The fourth-order valence-corrected chi connectivity index (χ4v) is 3.91. The van der Waals surface area contributed by atoms with Crippen molar-refractivity contribution in [2.75, 3.05) is 5.33 Å². The van der Waals surface area contributed by atoms with Crippen LogP contribution in [0.3, 0.4) is 0 Å². The molecule has 3 rings (SSSR count). The van der Waals surface area contributed by atoms with Gasteiger partial charge in [0.25, 0.3) is 0 Å². The third kappa shape index (κ3) is 1.65. The summed E-state index contributed by atoms with van der Waals surface area (Å²) in [4.78, 5) is 0. The molecule has 2 atom stereocenters. The van der Waals surface area contributed by atoms with Gasteiger partial charge in [-0.15, -0.1) is 0 Å². The van der Waals surface area contributed by atoms with E-state index in [4.69, 9.17) is 0 Å². The van der Waals surface area contributed by atoms with Crippen molar-refractivity contribution in [3.8, 4) is 0 Å². The number of halogens is 1. The summed E-state index contributed by atoms with van der Waals surface area (Å²) in [6, 6.07) is 6.96. The zero-order valence-electron chi connectivity index (χ0n) is 9.01. The minimum atomic E-state index is 0.871. The lowest BCUT2D eigenvalue weighted by atomic mass is 9.70. The van der Waals surface area contributed by atoms with Crippen molar-refractivity contribution in [3.05, 3.63) is 34.9 Å². The molecular weight excluding hydrogens is 248 g/mol. The molecule has 0 spiro atoms. The highest BCUT2D eigenvalue weighted by molar-refractivity contribution is 9.09. The highest BCUT2D eigenvalue weighted by Crippen LogP contribution is 2.43. The average molecular weight is 265 g/mol. The van der Waals surface area contributed by atoms with Gasteiger partial charge in [0.15, 0.2) is 0 Å². The van der Waals surface area contributed by atoms with Gasteiger partial charge in [0.05, 0.1) is 0 Å². The van der Waals surface area contributed by atoms with Crippen molar-refractivity contribution in [2.45, 2.75) is 38.0 Å². The number of benzene rings is 1. The summed E-state index contributed by atoms with van der Waals surface area (Å²) in [5.41, 5.74) is 5.03. The number of hydrogen-bond donors (Lipinski definition) is 0. The van der Waals surface area contributed by atoms with Crippen LogP contribution in [0.1, 0.15) is 41.9 Å². The molecule has 2 aliphatic rings. The molecule has 0 fully saturated rings. The van der Waals surface area contributed by atoms with E-state index in [9.17, 15) is 0 Å². The van der Waals surface area contributed by atoms with Crippen LogP contribution in [0.15, 0.2) is 18.2 Å². The number of aryl methyl sites for hydroxylation is 1.